The Morgan fingerprint density at radius 2 is 1.71 bits per heavy atom. The zero-order chi connectivity index (χ0) is 15.5. The van der Waals surface area contributed by atoms with Gasteiger partial charge < -0.3 is 4.74 Å². The fourth-order valence-electron chi connectivity index (χ4n) is 2.05. The zero-order valence-corrected chi connectivity index (χ0v) is 13.3. The van der Waals surface area contributed by atoms with Crippen molar-refractivity contribution in [2.45, 2.75) is 17.9 Å². The Hall–Kier alpha value is -1.56. The number of halogens is 1. The van der Waals surface area contributed by atoms with Gasteiger partial charge in [-0.2, -0.15) is 0 Å². The predicted molar refractivity (Wildman–Crippen MR) is 83.2 cm³/mol. The third-order valence-electron chi connectivity index (χ3n) is 3.06. The number of hydrogen-bond acceptors (Lipinski definition) is 3. The van der Waals surface area contributed by atoms with Gasteiger partial charge >= 0.3 is 0 Å². The van der Waals surface area contributed by atoms with Crippen molar-refractivity contribution in [3.05, 3.63) is 59.1 Å². The number of ether oxygens (including phenoxy) is 1. The largest absolute Gasteiger partial charge is 0.496 e. The van der Waals surface area contributed by atoms with E-state index in [1.165, 1.54) is 6.07 Å². The summed E-state index contributed by atoms with van der Waals surface area (Å²) in [5.74, 6) is 0.631. The highest BCUT2D eigenvalue weighted by atomic mass is 35.5. The molecule has 2 aromatic rings. The summed E-state index contributed by atoms with van der Waals surface area (Å²) in [5, 5.41) is 0.192. The van der Waals surface area contributed by atoms with Gasteiger partial charge in [-0.1, -0.05) is 41.9 Å². The molecule has 1 unspecified atom stereocenters. The molecule has 0 aliphatic carbocycles. The molecule has 0 fully saturated rings. The highest BCUT2D eigenvalue weighted by Crippen LogP contribution is 2.27. The van der Waals surface area contributed by atoms with Gasteiger partial charge in [0.15, 0.2) is 0 Å². The quantitative estimate of drug-likeness (QED) is 0.916. The average Bonchev–Trinajstić information content (AvgIpc) is 2.47. The van der Waals surface area contributed by atoms with Crippen molar-refractivity contribution in [1.82, 2.24) is 4.72 Å². The van der Waals surface area contributed by atoms with Crippen LogP contribution in [0.25, 0.3) is 0 Å². The van der Waals surface area contributed by atoms with Gasteiger partial charge in [-0.25, -0.2) is 13.1 Å². The molecular weight excluding hydrogens is 310 g/mol. The first kappa shape index (κ1) is 15.8. The van der Waals surface area contributed by atoms with Crippen molar-refractivity contribution in [3.63, 3.8) is 0 Å². The molecule has 0 aliphatic heterocycles. The van der Waals surface area contributed by atoms with Gasteiger partial charge in [0.25, 0.3) is 0 Å². The molecule has 0 radical (unpaired) electrons. The van der Waals surface area contributed by atoms with Crippen LogP contribution < -0.4 is 9.46 Å². The maximum atomic E-state index is 12.4. The van der Waals surface area contributed by atoms with E-state index in [2.05, 4.69) is 4.72 Å². The summed E-state index contributed by atoms with van der Waals surface area (Å²) in [6.07, 6.45) is 0. The fraction of sp³-hybridized carbons (Fsp3) is 0.200. The first-order valence-corrected chi connectivity index (χ1v) is 8.21. The van der Waals surface area contributed by atoms with Gasteiger partial charge in [-0.3, -0.25) is 0 Å². The maximum Gasteiger partial charge on any atom is 0.242 e. The van der Waals surface area contributed by atoms with Gasteiger partial charge in [0.05, 0.1) is 12.1 Å². The first-order valence-electron chi connectivity index (χ1n) is 6.35. The first-order chi connectivity index (χ1) is 9.95. The molecular formula is C15H16ClNO3S. The van der Waals surface area contributed by atoms with Crippen molar-refractivity contribution in [1.29, 1.82) is 0 Å². The molecule has 0 amide bonds. The molecule has 21 heavy (non-hydrogen) atoms. The zero-order valence-electron chi connectivity index (χ0n) is 11.7. The lowest BCUT2D eigenvalue weighted by Crippen LogP contribution is -2.27. The van der Waals surface area contributed by atoms with Gasteiger partial charge in [0.2, 0.25) is 10.0 Å². The Kier molecular flexibility index (Phi) is 4.88. The van der Waals surface area contributed by atoms with Gasteiger partial charge in [-0.15, -0.1) is 0 Å². The van der Waals surface area contributed by atoms with Crippen LogP contribution in [-0.2, 0) is 10.0 Å². The van der Waals surface area contributed by atoms with Crippen LogP contribution in [0, 0.1) is 0 Å². The van der Waals surface area contributed by atoms with E-state index in [-0.39, 0.29) is 9.92 Å². The Morgan fingerprint density at radius 3 is 2.38 bits per heavy atom. The van der Waals surface area contributed by atoms with Crippen molar-refractivity contribution in [2.75, 3.05) is 7.11 Å². The topological polar surface area (TPSA) is 55.4 Å². The van der Waals surface area contributed by atoms with Crippen LogP contribution in [0.1, 0.15) is 18.5 Å². The third-order valence-corrected chi connectivity index (χ3v) is 5.10. The molecule has 6 heteroatoms. The van der Waals surface area contributed by atoms with E-state index in [0.717, 1.165) is 5.56 Å². The van der Waals surface area contributed by atoms with Crippen LogP contribution in [0.3, 0.4) is 0 Å². The predicted octanol–water partition coefficient (Wildman–Crippen LogP) is 3.39. The van der Waals surface area contributed by atoms with Gasteiger partial charge in [0, 0.05) is 11.6 Å². The van der Waals surface area contributed by atoms with Crippen molar-refractivity contribution < 1.29 is 13.2 Å². The molecule has 1 N–H and O–H groups in total. The lowest BCUT2D eigenvalue weighted by Gasteiger charge is -2.17. The summed E-state index contributed by atoms with van der Waals surface area (Å²) >= 11 is 5.95. The Labute approximate surface area is 129 Å². The molecule has 0 saturated carbocycles. The van der Waals surface area contributed by atoms with E-state index >= 15 is 0 Å². The van der Waals surface area contributed by atoms with E-state index in [1.54, 1.807) is 38.3 Å². The smallest absolute Gasteiger partial charge is 0.242 e. The molecule has 0 aliphatic rings. The van der Waals surface area contributed by atoms with Gasteiger partial charge in [-0.05, 0) is 25.1 Å². The SMILES string of the molecule is COc1ccccc1C(C)NS(=O)(=O)c1ccccc1Cl. The molecule has 2 rings (SSSR count). The number of rotatable bonds is 5. The number of benzene rings is 2. The molecule has 112 valence electrons. The average molecular weight is 326 g/mol. The highest BCUT2D eigenvalue weighted by molar-refractivity contribution is 7.89. The van der Waals surface area contributed by atoms with Crippen molar-refractivity contribution >= 4 is 21.6 Å². The van der Waals surface area contributed by atoms with E-state index in [0.29, 0.717) is 5.75 Å². The van der Waals surface area contributed by atoms with E-state index < -0.39 is 16.1 Å². The number of nitrogens with one attached hydrogen (secondary N) is 1. The number of hydrogen-bond donors (Lipinski definition) is 1. The molecule has 0 heterocycles. The highest BCUT2D eigenvalue weighted by Gasteiger charge is 2.22. The lowest BCUT2D eigenvalue weighted by molar-refractivity contribution is 0.405. The second kappa shape index (κ2) is 6.47. The molecule has 0 saturated heterocycles. The van der Waals surface area contributed by atoms with E-state index in [1.807, 2.05) is 18.2 Å². The molecule has 0 aromatic heterocycles. The second-order valence-corrected chi connectivity index (χ2v) is 6.60. The standard InChI is InChI=1S/C15H16ClNO3S/c1-11(12-7-3-5-9-14(12)20-2)17-21(18,19)15-10-6-4-8-13(15)16/h3-11,17H,1-2H3. The monoisotopic (exact) mass is 325 g/mol. The van der Waals surface area contributed by atoms with Crippen molar-refractivity contribution in [3.8, 4) is 5.75 Å². The summed E-state index contributed by atoms with van der Waals surface area (Å²) in [6, 6.07) is 13.2. The summed E-state index contributed by atoms with van der Waals surface area (Å²) in [5.41, 5.74) is 0.760. The van der Waals surface area contributed by atoms with Crippen molar-refractivity contribution in [2.24, 2.45) is 0 Å². The minimum atomic E-state index is -3.70. The van der Waals surface area contributed by atoms with Crippen LogP contribution in [0.15, 0.2) is 53.4 Å². The van der Waals surface area contributed by atoms with Crippen LogP contribution in [0.5, 0.6) is 5.75 Å². The Morgan fingerprint density at radius 1 is 1.10 bits per heavy atom. The minimum absolute atomic E-state index is 0.0633. The lowest BCUT2D eigenvalue weighted by atomic mass is 10.1. The molecule has 1 atom stereocenters. The molecule has 0 spiro atoms. The molecule has 4 nitrogen and oxygen atoms in total. The number of methoxy groups -OCH3 is 1. The summed E-state index contributed by atoms with van der Waals surface area (Å²) < 4.78 is 32.7. The third kappa shape index (κ3) is 3.56. The summed E-state index contributed by atoms with van der Waals surface area (Å²) in [7, 11) is -2.15. The van der Waals surface area contributed by atoms with E-state index in [4.69, 9.17) is 16.3 Å². The normalized spacial score (nSPS) is 12.9. The maximum absolute atomic E-state index is 12.4. The number of para-hydroxylation sites is 1. The molecule has 2 aromatic carbocycles. The van der Waals surface area contributed by atoms with Crippen LogP contribution >= 0.6 is 11.6 Å². The number of sulfonamides is 1. The fourth-order valence-corrected chi connectivity index (χ4v) is 3.79. The Balaban J connectivity index is 2.31. The summed E-state index contributed by atoms with van der Waals surface area (Å²) in [6.45, 7) is 1.76. The van der Waals surface area contributed by atoms with Gasteiger partial charge in [0.1, 0.15) is 10.6 Å². The minimum Gasteiger partial charge on any atom is -0.496 e. The van der Waals surface area contributed by atoms with E-state index in [9.17, 15) is 8.42 Å². The second-order valence-electron chi connectivity index (χ2n) is 4.52. The summed E-state index contributed by atoms with van der Waals surface area (Å²) in [4.78, 5) is 0.0633. The van der Waals surface area contributed by atoms with Crippen LogP contribution in [-0.4, -0.2) is 15.5 Å². The molecule has 0 bridgehead atoms. The van der Waals surface area contributed by atoms with Crippen LogP contribution in [0.2, 0.25) is 5.02 Å². The Bertz CT molecular complexity index is 731. The van der Waals surface area contributed by atoms with Crippen LogP contribution in [0.4, 0.5) is 0 Å².